The number of nitrogens with zero attached hydrogens (tertiary/aromatic N) is 3. The van der Waals surface area contributed by atoms with Crippen LogP contribution >= 0.6 is 0 Å². The van der Waals surface area contributed by atoms with Crippen molar-refractivity contribution < 1.29 is 0 Å². The minimum Gasteiger partial charge on any atom is -0.317 e. The molecule has 2 aliphatic rings. The van der Waals surface area contributed by atoms with Gasteiger partial charge in [-0.3, -0.25) is 9.58 Å². The van der Waals surface area contributed by atoms with E-state index in [0.29, 0.717) is 0 Å². The van der Waals surface area contributed by atoms with Gasteiger partial charge in [0.25, 0.3) is 0 Å². The van der Waals surface area contributed by atoms with Crippen molar-refractivity contribution in [1.82, 2.24) is 20.0 Å². The number of rotatable bonds is 4. The minimum atomic E-state index is 0.737. The lowest BCUT2D eigenvalue weighted by atomic mass is 9.82. The molecule has 1 aromatic heterocycles. The Labute approximate surface area is 109 Å². The summed E-state index contributed by atoms with van der Waals surface area (Å²) in [7, 11) is 2.11. The molecule has 2 saturated heterocycles. The average Bonchev–Trinajstić information content (AvgIpc) is 2.88. The molecule has 4 heteroatoms. The van der Waals surface area contributed by atoms with Crippen molar-refractivity contribution in [2.24, 2.45) is 0 Å². The molecule has 0 radical (unpaired) electrons. The second kappa shape index (κ2) is 5.41. The summed E-state index contributed by atoms with van der Waals surface area (Å²) < 4.78 is 2.06. The molecular formula is C14H24N4. The Morgan fingerprint density at radius 1 is 1.22 bits per heavy atom. The zero-order valence-corrected chi connectivity index (χ0v) is 11.3. The van der Waals surface area contributed by atoms with Crippen LogP contribution in [-0.2, 0) is 6.54 Å². The summed E-state index contributed by atoms with van der Waals surface area (Å²) in [6.07, 6.45) is 10.8. The molecule has 0 saturated carbocycles. The molecule has 1 N–H and O–H groups in total. The van der Waals surface area contributed by atoms with Crippen molar-refractivity contribution in [3.8, 4) is 0 Å². The van der Waals surface area contributed by atoms with Gasteiger partial charge in [-0.25, -0.2) is 0 Å². The Morgan fingerprint density at radius 2 is 2.00 bits per heavy atom. The first kappa shape index (κ1) is 12.2. The van der Waals surface area contributed by atoms with Crippen LogP contribution in [0, 0.1) is 0 Å². The van der Waals surface area contributed by atoms with Crippen molar-refractivity contribution in [2.45, 2.75) is 56.8 Å². The number of piperidine rings is 2. The summed E-state index contributed by atoms with van der Waals surface area (Å²) in [5.41, 5.74) is 0. The number of aromatic nitrogens is 2. The maximum absolute atomic E-state index is 4.30. The van der Waals surface area contributed by atoms with Crippen molar-refractivity contribution in [3.05, 3.63) is 18.5 Å². The number of hydrogen-bond acceptors (Lipinski definition) is 3. The molecule has 2 atom stereocenters. The summed E-state index contributed by atoms with van der Waals surface area (Å²) in [5, 5.41) is 7.78. The first-order valence-corrected chi connectivity index (χ1v) is 7.27. The summed E-state index contributed by atoms with van der Waals surface area (Å²) in [6, 6.07) is 4.34. The van der Waals surface area contributed by atoms with E-state index >= 15 is 0 Å². The van der Waals surface area contributed by atoms with E-state index in [1.54, 1.807) is 0 Å². The molecule has 3 heterocycles. The van der Waals surface area contributed by atoms with Crippen molar-refractivity contribution in [1.29, 1.82) is 0 Å². The Bertz CT molecular complexity index is 348. The number of fused-ring (bicyclic) bond motifs is 2. The van der Waals surface area contributed by atoms with Gasteiger partial charge in [-0.15, -0.1) is 0 Å². The summed E-state index contributed by atoms with van der Waals surface area (Å²) in [6.45, 7) is 2.19. The molecule has 0 aromatic carbocycles. The Kier molecular flexibility index (Phi) is 3.66. The monoisotopic (exact) mass is 248 g/mol. The summed E-state index contributed by atoms with van der Waals surface area (Å²) >= 11 is 0. The third-order valence-electron chi connectivity index (χ3n) is 4.68. The molecule has 3 rings (SSSR count). The second-order valence-corrected chi connectivity index (χ2v) is 5.70. The highest BCUT2D eigenvalue weighted by atomic mass is 15.3. The number of hydrogen-bond donors (Lipinski definition) is 1. The third kappa shape index (κ3) is 2.45. The molecule has 2 bridgehead atoms. The Morgan fingerprint density at radius 3 is 2.61 bits per heavy atom. The second-order valence-electron chi connectivity index (χ2n) is 5.70. The van der Waals surface area contributed by atoms with Gasteiger partial charge in [0.15, 0.2) is 0 Å². The summed E-state index contributed by atoms with van der Waals surface area (Å²) in [5.74, 6) is 0. The van der Waals surface area contributed by atoms with Crippen LogP contribution in [-0.4, -0.2) is 46.4 Å². The van der Waals surface area contributed by atoms with Crippen LogP contribution in [0.4, 0.5) is 0 Å². The van der Waals surface area contributed by atoms with Crippen LogP contribution in [0.1, 0.15) is 32.1 Å². The molecule has 2 unspecified atom stereocenters. The number of nitrogens with one attached hydrogen (secondary N) is 1. The van der Waals surface area contributed by atoms with E-state index in [1.165, 1.54) is 32.1 Å². The van der Waals surface area contributed by atoms with Gasteiger partial charge in [-0.05, 0) is 38.8 Å². The van der Waals surface area contributed by atoms with E-state index in [1.807, 2.05) is 12.3 Å². The van der Waals surface area contributed by atoms with E-state index in [9.17, 15) is 0 Å². The van der Waals surface area contributed by atoms with Gasteiger partial charge in [0.05, 0.1) is 6.54 Å². The first-order chi connectivity index (χ1) is 8.86. The topological polar surface area (TPSA) is 33.1 Å². The highest BCUT2D eigenvalue weighted by Gasteiger charge is 2.37. The maximum Gasteiger partial charge on any atom is 0.0536 e. The summed E-state index contributed by atoms with van der Waals surface area (Å²) in [4.78, 5) is 2.75. The van der Waals surface area contributed by atoms with Crippen LogP contribution in [0.15, 0.2) is 18.5 Å². The lowest BCUT2D eigenvalue weighted by Gasteiger charge is -2.49. The highest BCUT2D eigenvalue weighted by Crippen LogP contribution is 2.33. The quantitative estimate of drug-likeness (QED) is 0.876. The van der Waals surface area contributed by atoms with Crippen molar-refractivity contribution in [2.75, 3.05) is 13.6 Å². The van der Waals surface area contributed by atoms with Gasteiger partial charge in [0.2, 0.25) is 0 Å². The Balaban J connectivity index is 1.61. The van der Waals surface area contributed by atoms with E-state index in [0.717, 1.165) is 31.2 Å². The maximum atomic E-state index is 4.30. The lowest BCUT2D eigenvalue weighted by molar-refractivity contribution is 0.0226. The van der Waals surface area contributed by atoms with E-state index < -0.39 is 0 Å². The standard InChI is InChI=1S/C14H24N4/c1-15-12-10-13-4-2-5-14(11-12)18(13)9-8-17-7-3-6-16-17/h3,6-7,12-15H,2,4-5,8-11H2,1H3. The lowest BCUT2D eigenvalue weighted by Crippen LogP contribution is -2.56. The fourth-order valence-electron chi connectivity index (χ4n) is 3.73. The van der Waals surface area contributed by atoms with Gasteiger partial charge in [0.1, 0.15) is 0 Å². The first-order valence-electron chi connectivity index (χ1n) is 7.27. The van der Waals surface area contributed by atoms with Gasteiger partial charge in [0, 0.05) is 37.1 Å². The largest absolute Gasteiger partial charge is 0.317 e. The van der Waals surface area contributed by atoms with Gasteiger partial charge < -0.3 is 5.32 Å². The minimum absolute atomic E-state index is 0.737. The third-order valence-corrected chi connectivity index (χ3v) is 4.68. The van der Waals surface area contributed by atoms with Crippen molar-refractivity contribution in [3.63, 3.8) is 0 Å². The molecule has 0 amide bonds. The molecule has 4 nitrogen and oxygen atoms in total. The van der Waals surface area contributed by atoms with Crippen molar-refractivity contribution >= 4 is 0 Å². The van der Waals surface area contributed by atoms with E-state index in [2.05, 4.69) is 33.2 Å². The SMILES string of the molecule is CNC1CC2CCCC(C1)N2CCn1cccn1. The van der Waals surface area contributed by atoms with Gasteiger partial charge in [-0.1, -0.05) is 6.42 Å². The molecular weight excluding hydrogens is 224 g/mol. The van der Waals surface area contributed by atoms with Crippen LogP contribution in [0.3, 0.4) is 0 Å². The predicted molar refractivity (Wildman–Crippen MR) is 72.4 cm³/mol. The fourth-order valence-corrected chi connectivity index (χ4v) is 3.73. The zero-order valence-electron chi connectivity index (χ0n) is 11.3. The predicted octanol–water partition coefficient (Wildman–Crippen LogP) is 1.49. The fraction of sp³-hybridized carbons (Fsp3) is 0.786. The van der Waals surface area contributed by atoms with Gasteiger partial charge >= 0.3 is 0 Å². The molecule has 0 aliphatic carbocycles. The molecule has 2 aliphatic heterocycles. The molecule has 0 spiro atoms. The molecule has 1 aromatic rings. The van der Waals surface area contributed by atoms with E-state index in [4.69, 9.17) is 0 Å². The molecule has 18 heavy (non-hydrogen) atoms. The smallest absolute Gasteiger partial charge is 0.0536 e. The molecule has 2 fully saturated rings. The van der Waals surface area contributed by atoms with Crippen LogP contribution in [0.2, 0.25) is 0 Å². The highest BCUT2D eigenvalue weighted by molar-refractivity contribution is 4.94. The Hall–Kier alpha value is -0.870. The zero-order chi connectivity index (χ0) is 12.4. The van der Waals surface area contributed by atoms with Crippen LogP contribution in [0.5, 0.6) is 0 Å². The van der Waals surface area contributed by atoms with Gasteiger partial charge in [-0.2, -0.15) is 5.10 Å². The van der Waals surface area contributed by atoms with Crippen LogP contribution < -0.4 is 5.32 Å². The van der Waals surface area contributed by atoms with E-state index in [-0.39, 0.29) is 0 Å². The van der Waals surface area contributed by atoms with Crippen LogP contribution in [0.25, 0.3) is 0 Å². The average molecular weight is 248 g/mol. The molecule has 100 valence electrons. The normalized spacial score (nSPS) is 32.6.